The van der Waals surface area contributed by atoms with Gasteiger partial charge in [-0.2, -0.15) is 0 Å². The van der Waals surface area contributed by atoms with Crippen LogP contribution in [-0.2, 0) is 0 Å². The van der Waals surface area contributed by atoms with E-state index in [-0.39, 0.29) is 36.2 Å². The number of carbonyl (C=O) groups is 1. The number of halogens is 3. The molecule has 2 aliphatic heterocycles. The highest BCUT2D eigenvalue weighted by Crippen LogP contribution is 2.31. The maximum Gasteiger partial charge on any atom is 0.254 e. The number of nitrogens with zero attached hydrogens (tertiary/aromatic N) is 1. The average Bonchev–Trinajstić information content (AvgIpc) is 2.87. The zero-order chi connectivity index (χ0) is 18.3. The van der Waals surface area contributed by atoms with Crippen molar-refractivity contribution in [1.29, 1.82) is 0 Å². The Balaban J connectivity index is 0.00000210. The summed E-state index contributed by atoms with van der Waals surface area (Å²) in [4.78, 5) is 14.9. The van der Waals surface area contributed by atoms with Crippen LogP contribution in [-0.4, -0.2) is 36.0 Å². The number of rotatable bonds is 2. The Kier molecular flexibility index (Phi) is 5.82. The van der Waals surface area contributed by atoms with E-state index in [1.165, 1.54) is 18.2 Å². The SMILES string of the molecule is Cc1cc(F)ccc1-c1ccc(C(=O)N2C3CCNCC2CC3)cc1F.Cl. The molecule has 2 bridgehead atoms. The van der Waals surface area contributed by atoms with Gasteiger partial charge in [0.25, 0.3) is 5.91 Å². The first-order valence-electron chi connectivity index (χ1n) is 9.14. The Morgan fingerprint density at radius 2 is 1.78 bits per heavy atom. The van der Waals surface area contributed by atoms with Gasteiger partial charge in [0.05, 0.1) is 0 Å². The van der Waals surface area contributed by atoms with E-state index in [4.69, 9.17) is 0 Å². The molecule has 4 rings (SSSR count). The summed E-state index contributed by atoms with van der Waals surface area (Å²) in [6.45, 7) is 3.47. The molecule has 2 saturated heterocycles. The normalized spacial score (nSPS) is 21.5. The molecule has 2 heterocycles. The molecule has 1 N–H and O–H groups in total. The van der Waals surface area contributed by atoms with Gasteiger partial charge in [-0.1, -0.05) is 12.1 Å². The minimum Gasteiger partial charge on any atom is -0.331 e. The number of nitrogens with one attached hydrogen (secondary N) is 1. The van der Waals surface area contributed by atoms with Gasteiger partial charge in [-0.3, -0.25) is 4.79 Å². The average molecular weight is 393 g/mol. The van der Waals surface area contributed by atoms with E-state index in [1.54, 1.807) is 25.1 Å². The van der Waals surface area contributed by atoms with Crippen molar-refractivity contribution in [1.82, 2.24) is 10.2 Å². The lowest BCUT2D eigenvalue weighted by Crippen LogP contribution is -2.42. The summed E-state index contributed by atoms with van der Waals surface area (Å²) in [6.07, 6.45) is 2.96. The molecule has 3 nitrogen and oxygen atoms in total. The predicted octanol–water partition coefficient (Wildman–Crippen LogP) is 4.33. The van der Waals surface area contributed by atoms with E-state index in [2.05, 4.69) is 5.32 Å². The summed E-state index contributed by atoms with van der Waals surface area (Å²) in [7, 11) is 0. The van der Waals surface area contributed by atoms with Crippen LogP contribution in [0.1, 0.15) is 35.2 Å². The van der Waals surface area contributed by atoms with Gasteiger partial charge in [-0.05, 0) is 68.1 Å². The first-order valence-corrected chi connectivity index (χ1v) is 9.14. The second-order valence-corrected chi connectivity index (χ2v) is 7.24. The Morgan fingerprint density at radius 3 is 2.52 bits per heavy atom. The summed E-state index contributed by atoms with van der Waals surface area (Å²) >= 11 is 0. The molecule has 0 radical (unpaired) electrons. The molecule has 1 amide bonds. The zero-order valence-electron chi connectivity index (χ0n) is 15.2. The topological polar surface area (TPSA) is 32.3 Å². The number of amides is 1. The van der Waals surface area contributed by atoms with Gasteiger partial charge in [-0.15, -0.1) is 12.4 Å². The van der Waals surface area contributed by atoms with Gasteiger partial charge in [0, 0.05) is 29.8 Å². The summed E-state index contributed by atoms with van der Waals surface area (Å²) in [5.41, 5.74) is 2.07. The molecule has 2 atom stereocenters. The minimum absolute atomic E-state index is 0. The van der Waals surface area contributed by atoms with Crippen LogP contribution in [0, 0.1) is 18.6 Å². The third-order valence-electron chi connectivity index (χ3n) is 5.58. The summed E-state index contributed by atoms with van der Waals surface area (Å²) in [5, 5.41) is 3.37. The van der Waals surface area contributed by atoms with Crippen molar-refractivity contribution < 1.29 is 13.6 Å². The number of benzene rings is 2. The van der Waals surface area contributed by atoms with Gasteiger partial charge in [0.1, 0.15) is 11.6 Å². The highest BCUT2D eigenvalue weighted by atomic mass is 35.5. The lowest BCUT2D eigenvalue weighted by molar-refractivity contribution is 0.0680. The van der Waals surface area contributed by atoms with Gasteiger partial charge >= 0.3 is 0 Å². The van der Waals surface area contributed by atoms with Crippen molar-refractivity contribution in [2.24, 2.45) is 0 Å². The van der Waals surface area contributed by atoms with Crippen molar-refractivity contribution >= 4 is 18.3 Å². The molecule has 0 aromatic heterocycles. The minimum atomic E-state index is -0.453. The molecule has 0 spiro atoms. The van der Waals surface area contributed by atoms with Crippen molar-refractivity contribution in [3.8, 4) is 11.1 Å². The van der Waals surface area contributed by atoms with Crippen LogP contribution < -0.4 is 5.32 Å². The monoisotopic (exact) mass is 392 g/mol. The Bertz CT molecular complexity index is 844. The second kappa shape index (κ2) is 7.95. The van der Waals surface area contributed by atoms with Crippen LogP contribution in [0.5, 0.6) is 0 Å². The van der Waals surface area contributed by atoms with Crippen LogP contribution in [0.15, 0.2) is 36.4 Å². The molecule has 27 heavy (non-hydrogen) atoms. The number of hydrogen-bond donors (Lipinski definition) is 1. The zero-order valence-corrected chi connectivity index (χ0v) is 16.0. The van der Waals surface area contributed by atoms with Crippen molar-refractivity contribution in [2.45, 2.75) is 38.3 Å². The molecule has 2 aromatic carbocycles. The maximum atomic E-state index is 14.8. The Labute approximate surface area is 164 Å². The molecule has 2 fully saturated rings. The van der Waals surface area contributed by atoms with E-state index in [1.807, 2.05) is 4.90 Å². The number of hydrogen-bond acceptors (Lipinski definition) is 2. The fraction of sp³-hybridized carbons (Fsp3) is 0.381. The number of aryl methyl sites for hydroxylation is 1. The highest BCUT2D eigenvalue weighted by molar-refractivity contribution is 5.95. The number of carbonyl (C=O) groups excluding carboxylic acids is 1. The largest absolute Gasteiger partial charge is 0.331 e. The first-order chi connectivity index (χ1) is 12.5. The quantitative estimate of drug-likeness (QED) is 0.825. The smallest absolute Gasteiger partial charge is 0.254 e. The third-order valence-corrected chi connectivity index (χ3v) is 5.58. The lowest BCUT2D eigenvalue weighted by atomic mass is 9.98. The fourth-order valence-electron chi connectivity index (χ4n) is 4.26. The standard InChI is InChI=1S/C21H22F2N2O.ClH/c1-13-10-15(22)3-7-18(13)19-6-2-14(11-20(19)23)21(26)25-16-4-5-17(25)12-24-9-8-16;/h2-3,6-7,10-11,16-17,24H,4-5,8-9,12H2,1H3;1H. The second-order valence-electron chi connectivity index (χ2n) is 7.24. The third kappa shape index (κ3) is 3.71. The molecule has 2 aliphatic rings. The van der Waals surface area contributed by atoms with Gasteiger partial charge in [0.15, 0.2) is 0 Å². The molecule has 0 saturated carbocycles. The molecule has 2 aromatic rings. The van der Waals surface area contributed by atoms with Crippen molar-refractivity contribution in [3.05, 3.63) is 59.2 Å². The molecular weight excluding hydrogens is 370 g/mol. The van der Waals surface area contributed by atoms with Crippen LogP contribution in [0.4, 0.5) is 8.78 Å². The van der Waals surface area contributed by atoms with E-state index in [0.717, 1.165) is 32.4 Å². The van der Waals surface area contributed by atoms with Gasteiger partial charge in [0.2, 0.25) is 0 Å². The van der Waals surface area contributed by atoms with Crippen LogP contribution in [0.2, 0.25) is 0 Å². The van der Waals surface area contributed by atoms with Gasteiger partial charge in [-0.25, -0.2) is 8.78 Å². The Hall–Kier alpha value is -1.98. The van der Waals surface area contributed by atoms with E-state index < -0.39 is 5.82 Å². The Morgan fingerprint density at radius 1 is 1.04 bits per heavy atom. The fourth-order valence-corrected chi connectivity index (χ4v) is 4.26. The maximum absolute atomic E-state index is 14.8. The van der Waals surface area contributed by atoms with E-state index in [9.17, 15) is 13.6 Å². The van der Waals surface area contributed by atoms with Gasteiger partial charge < -0.3 is 10.2 Å². The molecule has 6 heteroatoms. The van der Waals surface area contributed by atoms with E-state index in [0.29, 0.717) is 22.3 Å². The van der Waals surface area contributed by atoms with Crippen molar-refractivity contribution in [3.63, 3.8) is 0 Å². The van der Waals surface area contributed by atoms with Crippen molar-refractivity contribution in [2.75, 3.05) is 13.1 Å². The highest BCUT2D eigenvalue weighted by Gasteiger charge is 2.38. The summed E-state index contributed by atoms with van der Waals surface area (Å²) < 4.78 is 28.1. The molecule has 0 aliphatic carbocycles. The summed E-state index contributed by atoms with van der Waals surface area (Å²) in [6, 6.07) is 9.34. The number of fused-ring (bicyclic) bond motifs is 2. The first kappa shape index (κ1) is 19.8. The van der Waals surface area contributed by atoms with Crippen LogP contribution >= 0.6 is 12.4 Å². The van der Waals surface area contributed by atoms with Crippen LogP contribution in [0.3, 0.4) is 0 Å². The lowest BCUT2D eigenvalue weighted by Gasteiger charge is -2.28. The molecular formula is C21H23ClF2N2O. The van der Waals surface area contributed by atoms with E-state index >= 15 is 0 Å². The predicted molar refractivity (Wildman–Crippen MR) is 104 cm³/mol. The van der Waals surface area contributed by atoms with Crippen LogP contribution in [0.25, 0.3) is 11.1 Å². The summed E-state index contributed by atoms with van der Waals surface area (Å²) in [5.74, 6) is -0.892. The molecule has 144 valence electrons. The molecule has 2 unspecified atom stereocenters.